The second kappa shape index (κ2) is 23.7. The molecule has 0 saturated heterocycles. The average Bonchev–Trinajstić information content (AvgIpc) is 3.38. The van der Waals surface area contributed by atoms with Crippen molar-refractivity contribution in [2.75, 3.05) is 0 Å². The summed E-state index contributed by atoms with van der Waals surface area (Å²) in [6.45, 7) is 23.3. The normalized spacial score (nSPS) is 17.6. The summed E-state index contributed by atoms with van der Waals surface area (Å²) < 4.78 is 0. The van der Waals surface area contributed by atoms with Gasteiger partial charge in [0.25, 0.3) is 0 Å². The first-order valence-corrected chi connectivity index (χ1v) is 29.4. The van der Waals surface area contributed by atoms with Crippen LogP contribution < -0.4 is 0 Å². The van der Waals surface area contributed by atoms with Crippen LogP contribution in [0.4, 0.5) is 0 Å². The zero-order valence-electron chi connectivity index (χ0n) is 46.8. The molecule has 0 atom stereocenters. The highest BCUT2D eigenvalue weighted by molar-refractivity contribution is 5.57. The summed E-state index contributed by atoms with van der Waals surface area (Å²) in [7, 11) is 0. The van der Waals surface area contributed by atoms with Crippen molar-refractivity contribution in [3.05, 3.63) is 208 Å². The molecule has 4 fully saturated rings. The molecule has 72 heavy (non-hydrogen) atoms. The number of rotatable bonds is 10. The predicted octanol–water partition coefficient (Wildman–Crippen LogP) is 21.0. The van der Waals surface area contributed by atoms with E-state index >= 15 is 0 Å². The molecule has 6 aromatic rings. The molecule has 6 aromatic carbocycles. The van der Waals surface area contributed by atoms with Gasteiger partial charge in [-0.2, -0.15) is 0 Å². The van der Waals surface area contributed by atoms with E-state index in [1.165, 1.54) is 217 Å². The Balaban J connectivity index is 0.000000178. The molecule has 380 valence electrons. The Morgan fingerprint density at radius 3 is 0.861 bits per heavy atom. The standard InChI is InChI=1S/2C36H46/c1-24-14-12-13-19-31(24)36(34-22-32(25(2)20-27(34)4)29-15-8-6-9-16-29)35-23-33(26(3)21-28(35)5)30-17-10-7-11-18-30;1-24-16-18-31(19-17-24)36(34-22-32(25(2)20-27(34)4)29-12-8-6-9-13-29)35-23-33(26(3)21-28(35)5)30-14-10-7-11-15-30/h12-14,19-23,29-30,36H,6-11,15-18H2,1-5H3;16-23,29-30,36H,6-15H2,1-5H3. The van der Waals surface area contributed by atoms with E-state index in [2.05, 4.69) is 166 Å². The quantitative estimate of drug-likeness (QED) is 0.120. The first kappa shape index (κ1) is 52.2. The Morgan fingerprint density at radius 2 is 0.556 bits per heavy atom. The summed E-state index contributed by atoms with van der Waals surface area (Å²) in [5.41, 5.74) is 30.0. The molecule has 4 aliphatic rings. The van der Waals surface area contributed by atoms with Crippen molar-refractivity contribution in [3.8, 4) is 0 Å². The Hall–Kier alpha value is -4.68. The van der Waals surface area contributed by atoms with E-state index in [-0.39, 0.29) is 11.8 Å². The lowest BCUT2D eigenvalue weighted by Crippen LogP contribution is -2.14. The third-order valence-electron chi connectivity index (χ3n) is 19.0. The van der Waals surface area contributed by atoms with E-state index in [0.29, 0.717) is 0 Å². The fourth-order valence-corrected chi connectivity index (χ4v) is 14.9. The fraction of sp³-hybridized carbons (Fsp3) is 0.500. The van der Waals surface area contributed by atoms with Crippen LogP contribution in [0.15, 0.2) is 97.1 Å². The van der Waals surface area contributed by atoms with Gasteiger partial charge in [0.2, 0.25) is 0 Å². The van der Waals surface area contributed by atoms with Crippen LogP contribution >= 0.6 is 0 Å². The molecule has 0 aromatic heterocycles. The molecular weight excluding hydrogens is 865 g/mol. The van der Waals surface area contributed by atoms with Crippen LogP contribution in [0.2, 0.25) is 0 Å². The molecule has 0 aliphatic heterocycles. The summed E-state index contributed by atoms with van der Waals surface area (Å²) in [5.74, 6) is 3.50. The second-order valence-corrected chi connectivity index (χ2v) is 24.2. The summed E-state index contributed by atoms with van der Waals surface area (Å²) in [4.78, 5) is 0. The van der Waals surface area contributed by atoms with Crippen molar-refractivity contribution in [3.63, 3.8) is 0 Å². The van der Waals surface area contributed by atoms with Gasteiger partial charge < -0.3 is 0 Å². The van der Waals surface area contributed by atoms with Crippen LogP contribution in [-0.2, 0) is 0 Å². The average molecular weight is 958 g/mol. The molecule has 4 aliphatic carbocycles. The molecule has 0 heterocycles. The van der Waals surface area contributed by atoms with E-state index in [1.54, 1.807) is 22.3 Å². The number of benzene rings is 6. The third kappa shape index (κ3) is 11.6. The lowest BCUT2D eigenvalue weighted by Gasteiger charge is -2.30. The van der Waals surface area contributed by atoms with Gasteiger partial charge in [-0.15, -0.1) is 0 Å². The summed E-state index contributed by atoms with van der Waals surface area (Å²) in [5, 5.41) is 0. The Kier molecular flexibility index (Phi) is 17.2. The molecular formula is C72H92. The van der Waals surface area contributed by atoms with E-state index in [4.69, 9.17) is 0 Å². The molecule has 0 spiro atoms. The van der Waals surface area contributed by atoms with Crippen molar-refractivity contribution in [2.45, 2.75) is 233 Å². The highest BCUT2D eigenvalue weighted by atomic mass is 14.3. The monoisotopic (exact) mass is 957 g/mol. The van der Waals surface area contributed by atoms with Crippen molar-refractivity contribution in [1.29, 1.82) is 0 Å². The van der Waals surface area contributed by atoms with Crippen molar-refractivity contribution in [1.82, 2.24) is 0 Å². The second-order valence-electron chi connectivity index (χ2n) is 24.2. The molecule has 10 rings (SSSR count). The number of hydrogen-bond acceptors (Lipinski definition) is 0. The molecule has 0 nitrogen and oxygen atoms in total. The van der Waals surface area contributed by atoms with E-state index < -0.39 is 0 Å². The van der Waals surface area contributed by atoms with Crippen molar-refractivity contribution in [2.24, 2.45) is 0 Å². The van der Waals surface area contributed by atoms with Gasteiger partial charge in [0.1, 0.15) is 0 Å². The topological polar surface area (TPSA) is 0 Å². The molecule has 0 unspecified atom stereocenters. The maximum atomic E-state index is 2.64. The molecule has 0 N–H and O–H groups in total. The van der Waals surface area contributed by atoms with Gasteiger partial charge in [-0.3, -0.25) is 0 Å². The van der Waals surface area contributed by atoms with Crippen LogP contribution in [0.1, 0.15) is 275 Å². The van der Waals surface area contributed by atoms with Gasteiger partial charge in [-0.1, -0.05) is 180 Å². The van der Waals surface area contributed by atoms with Crippen LogP contribution in [0, 0.1) is 69.2 Å². The summed E-state index contributed by atoms with van der Waals surface area (Å²) in [6, 6.07) is 39.0. The van der Waals surface area contributed by atoms with Gasteiger partial charge in [-0.05, 0) is 250 Å². The summed E-state index contributed by atoms with van der Waals surface area (Å²) in [6.07, 6.45) is 27.6. The molecule has 0 heteroatoms. The number of hydrogen-bond donors (Lipinski definition) is 0. The maximum absolute atomic E-state index is 2.64. The van der Waals surface area contributed by atoms with Crippen LogP contribution in [0.3, 0.4) is 0 Å². The van der Waals surface area contributed by atoms with Gasteiger partial charge in [-0.25, -0.2) is 0 Å². The zero-order chi connectivity index (χ0) is 50.5. The largest absolute Gasteiger partial charge is 0.0620 e. The predicted molar refractivity (Wildman–Crippen MR) is 311 cm³/mol. The smallest absolute Gasteiger partial charge is 0.0348 e. The SMILES string of the molecule is Cc1cc(C)c(C(c2ccccc2C)c2cc(C3CCCCC3)c(C)cc2C)cc1C1CCCCC1.Cc1ccc(C(c2cc(C3CCCCC3)c(C)cc2C)c2cc(C3CCCCC3)c(C)cc2C)cc1. The van der Waals surface area contributed by atoms with E-state index in [9.17, 15) is 0 Å². The highest BCUT2D eigenvalue weighted by Crippen LogP contribution is 2.46. The molecule has 4 saturated carbocycles. The summed E-state index contributed by atoms with van der Waals surface area (Å²) >= 11 is 0. The van der Waals surface area contributed by atoms with Gasteiger partial charge >= 0.3 is 0 Å². The van der Waals surface area contributed by atoms with Gasteiger partial charge in [0.15, 0.2) is 0 Å². The van der Waals surface area contributed by atoms with E-state index in [0.717, 1.165) is 23.7 Å². The maximum Gasteiger partial charge on any atom is 0.0348 e. The van der Waals surface area contributed by atoms with Gasteiger partial charge in [0.05, 0.1) is 0 Å². The molecule has 0 amide bonds. The number of aryl methyl sites for hydroxylation is 10. The molecule has 0 radical (unpaired) electrons. The third-order valence-corrected chi connectivity index (χ3v) is 19.0. The fourth-order valence-electron chi connectivity index (χ4n) is 14.9. The minimum Gasteiger partial charge on any atom is -0.0620 e. The highest BCUT2D eigenvalue weighted by Gasteiger charge is 2.30. The lowest BCUT2D eigenvalue weighted by atomic mass is 9.74. The van der Waals surface area contributed by atoms with Crippen molar-refractivity contribution >= 4 is 0 Å². The van der Waals surface area contributed by atoms with Crippen LogP contribution in [-0.4, -0.2) is 0 Å². The lowest BCUT2D eigenvalue weighted by molar-refractivity contribution is 0.441. The molecule has 0 bridgehead atoms. The van der Waals surface area contributed by atoms with Crippen molar-refractivity contribution < 1.29 is 0 Å². The zero-order valence-corrected chi connectivity index (χ0v) is 46.8. The van der Waals surface area contributed by atoms with Gasteiger partial charge in [0, 0.05) is 11.8 Å². The van der Waals surface area contributed by atoms with Crippen LogP contribution in [0.5, 0.6) is 0 Å². The minimum absolute atomic E-state index is 0.288. The Morgan fingerprint density at radius 1 is 0.264 bits per heavy atom. The first-order valence-electron chi connectivity index (χ1n) is 29.4. The first-order chi connectivity index (χ1) is 34.9. The Bertz CT molecular complexity index is 2620. The minimum atomic E-state index is 0.288. The van der Waals surface area contributed by atoms with E-state index in [1.807, 2.05) is 0 Å². The van der Waals surface area contributed by atoms with Crippen LogP contribution in [0.25, 0.3) is 0 Å². The Labute approximate surface area is 439 Å².